The lowest BCUT2D eigenvalue weighted by atomic mass is 9.94. The summed E-state index contributed by atoms with van der Waals surface area (Å²) in [6.45, 7) is 0. The SMILES string of the molecule is FC1CCC(=CNc2ccccc2)CC1. The highest BCUT2D eigenvalue weighted by atomic mass is 19.1. The van der Waals surface area contributed by atoms with Crippen LogP contribution in [0.3, 0.4) is 0 Å². The maximum atomic E-state index is 12.9. The van der Waals surface area contributed by atoms with Gasteiger partial charge in [0, 0.05) is 11.9 Å². The average Bonchev–Trinajstić information content (AvgIpc) is 2.30. The van der Waals surface area contributed by atoms with E-state index in [2.05, 4.69) is 5.32 Å². The second-order valence-corrected chi connectivity index (χ2v) is 3.99. The summed E-state index contributed by atoms with van der Waals surface area (Å²) in [7, 11) is 0. The number of halogens is 1. The summed E-state index contributed by atoms with van der Waals surface area (Å²) in [6.07, 6.45) is 4.59. The molecule has 0 aliphatic heterocycles. The molecule has 1 aliphatic carbocycles. The van der Waals surface area contributed by atoms with Crippen molar-refractivity contribution in [2.45, 2.75) is 31.9 Å². The second-order valence-electron chi connectivity index (χ2n) is 3.99. The van der Waals surface area contributed by atoms with E-state index in [1.807, 2.05) is 36.5 Å². The highest BCUT2D eigenvalue weighted by Crippen LogP contribution is 2.25. The van der Waals surface area contributed by atoms with Gasteiger partial charge in [0.2, 0.25) is 0 Å². The van der Waals surface area contributed by atoms with Crippen LogP contribution in [0.25, 0.3) is 0 Å². The van der Waals surface area contributed by atoms with Gasteiger partial charge in [-0.05, 0) is 37.8 Å². The van der Waals surface area contributed by atoms with Crippen molar-refractivity contribution in [3.8, 4) is 0 Å². The van der Waals surface area contributed by atoms with E-state index in [-0.39, 0.29) is 0 Å². The largest absolute Gasteiger partial charge is 0.362 e. The van der Waals surface area contributed by atoms with Crippen molar-refractivity contribution in [3.05, 3.63) is 42.1 Å². The molecule has 1 N–H and O–H groups in total. The zero-order chi connectivity index (χ0) is 10.5. The molecule has 0 saturated heterocycles. The number of nitrogens with one attached hydrogen (secondary N) is 1. The molecule has 2 rings (SSSR count). The Kier molecular flexibility index (Phi) is 3.38. The lowest BCUT2D eigenvalue weighted by Crippen LogP contribution is -2.08. The first-order valence-electron chi connectivity index (χ1n) is 5.48. The fraction of sp³-hybridized carbons (Fsp3) is 0.385. The maximum Gasteiger partial charge on any atom is 0.101 e. The molecular formula is C13H16FN. The van der Waals surface area contributed by atoms with Crippen molar-refractivity contribution in [1.29, 1.82) is 0 Å². The van der Waals surface area contributed by atoms with E-state index in [4.69, 9.17) is 0 Å². The van der Waals surface area contributed by atoms with Gasteiger partial charge < -0.3 is 5.32 Å². The number of benzene rings is 1. The summed E-state index contributed by atoms with van der Waals surface area (Å²) in [4.78, 5) is 0. The van der Waals surface area contributed by atoms with E-state index >= 15 is 0 Å². The first kappa shape index (κ1) is 10.2. The third-order valence-electron chi connectivity index (χ3n) is 2.77. The van der Waals surface area contributed by atoms with Crippen LogP contribution < -0.4 is 5.32 Å². The molecule has 1 fully saturated rings. The number of hydrogen-bond donors (Lipinski definition) is 1. The van der Waals surface area contributed by atoms with Crippen molar-refractivity contribution in [3.63, 3.8) is 0 Å². The molecule has 80 valence electrons. The van der Waals surface area contributed by atoms with Crippen LogP contribution in [0.1, 0.15) is 25.7 Å². The van der Waals surface area contributed by atoms with Crippen LogP contribution in [-0.2, 0) is 0 Å². The van der Waals surface area contributed by atoms with Gasteiger partial charge in [0.25, 0.3) is 0 Å². The van der Waals surface area contributed by atoms with Crippen molar-refractivity contribution >= 4 is 5.69 Å². The second kappa shape index (κ2) is 4.96. The molecule has 1 saturated carbocycles. The Balaban J connectivity index is 1.89. The van der Waals surface area contributed by atoms with Gasteiger partial charge in [-0.25, -0.2) is 4.39 Å². The van der Waals surface area contributed by atoms with Crippen LogP contribution in [0.4, 0.5) is 10.1 Å². The topological polar surface area (TPSA) is 12.0 Å². The highest BCUT2D eigenvalue weighted by Gasteiger charge is 2.14. The molecule has 2 heteroatoms. The standard InChI is InChI=1S/C13H16FN/c14-12-8-6-11(7-9-12)10-15-13-4-2-1-3-5-13/h1-5,10,12,15H,6-9H2. The Hall–Kier alpha value is -1.31. The molecular weight excluding hydrogens is 189 g/mol. The summed E-state index contributed by atoms with van der Waals surface area (Å²) in [5.74, 6) is 0. The molecule has 1 aliphatic rings. The number of allylic oxidation sites excluding steroid dienone is 1. The smallest absolute Gasteiger partial charge is 0.101 e. The minimum atomic E-state index is -0.584. The quantitative estimate of drug-likeness (QED) is 0.772. The summed E-state index contributed by atoms with van der Waals surface area (Å²) >= 11 is 0. The Morgan fingerprint density at radius 3 is 2.47 bits per heavy atom. The minimum absolute atomic E-state index is 0.584. The average molecular weight is 205 g/mol. The number of hydrogen-bond acceptors (Lipinski definition) is 1. The van der Waals surface area contributed by atoms with Crippen LogP contribution in [0.2, 0.25) is 0 Å². The van der Waals surface area contributed by atoms with E-state index in [1.165, 1.54) is 5.57 Å². The fourth-order valence-electron chi connectivity index (χ4n) is 1.82. The summed E-state index contributed by atoms with van der Waals surface area (Å²) < 4.78 is 12.9. The summed E-state index contributed by atoms with van der Waals surface area (Å²) in [5, 5.41) is 3.24. The zero-order valence-electron chi connectivity index (χ0n) is 8.75. The summed E-state index contributed by atoms with van der Waals surface area (Å²) in [5.41, 5.74) is 2.42. The van der Waals surface area contributed by atoms with Crippen molar-refractivity contribution in [2.24, 2.45) is 0 Å². The molecule has 1 aromatic carbocycles. The van der Waals surface area contributed by atoms with Crippen LogP contribution in [0.5, 0.6) is 0 Å². The van der Waals surface area contributed by atoms with Gasteiger partial charge in [0.05, 0.1) is 0 Å². The zero-order valence-corrected chi connectivity index (χ0v) is 8.75. The van der Waals surface area contributed by atoms with Gasteiger partial charge >= 0.3 is 0 Å². The van der Waals surface area contributed by atoms with Gasteiger partial charge in [-0.3, -0.25) is 0 Å². The molecule has 15 heavy (non-hydrogen) atoms. The maximum absolute atomic E-state index is 12.9. The van der Waals surface area contributed by atoms with E-state index in [0.717, 1.165) is 18.5 Å². The van der Waals surface area contributed by atoms with Crippen molar-refractivity contribution in [1.82, 2.24) is 0 Å². The fourth-order valence-corrected chi connectivity index (χ4v) is 1.82. The molecule has 0 aromatic heterocycles. The lowest BCUT2D eigenvalue weighted by Gasteiger charge is -2.17. The molecule has 0 bridgehead atoms. The number of para-hydroxylation sites is 1. The predicted octanol–water partition coefficient (Wildman–Crippen LogP) is 3.89. The van der Waals surface area contributed by atoms with Crippen molar-refractivity contribution < 1.29 is 4.39 Å². The number of rotatable bonds is 2. The van der Waals surface area contributed by atoms with Crippen LogP contribution in [-0.4, -0.2) is 6.17 Å². The van der Waals surface area contributed by atoms with Crippen molar-refractivity contribution in [2.75, 3.05) is 5.32 Å². The molecule has 0 heterocycles. The lowest BCUT2D eigenvalue weighted by molar-refractivity contribution is 0.276. The van der Waals surface area contributed by atoms with E-state index < -0.39 is 6.17 Å². The van der Waals surface area contributed by atoms with Gasteiger partial charge in [-0.1, -0.05) is 23.8 Å². The molecule has 1 nitrogen and oxygen atoms in total. The first-order chi connectivity index (χ1) is 7.34. The van der Waals surface area contributed by atoms with Gasteiger partial charge in [0.1, 0.15) is 6.17 Å². The molecule has 0 radical (unpaired) electrons. The van der Waals surface area contributed by atoms with Crippen LogP contribution >= 0.6 is 0 Å². The predicted molar refractivity (Wildman–Crippen MR) is 61.5 cm³/mol. The third-order valence-corrected chi connectivity index (χ3v) is 2.77. The van der Waals surface area contributed by atoms with Gasteiger partial charge in [0.15, 0.2) is 0 Å². The highest BCUT2D eigenvalue weighted by molar-refractivity contribution is 5.45. The summed E-state index contributed by atoms with van der Waals surface area (Å²) in [6, 6.07) is 10.0. The molecule has 0 spiro atoms. The van der Waals surface area contributed by atoms with Gasteiger partial charge in [-0.2, -0.15) is 0 Å². The monoisotopic (exact) mass is 205 g/mol. The Morgan fingerprint density at radius 1 is 1.13 bits per heavy atom. The van der Waals surface area contributed by atoms with Crippen LogP contribution in [0, 0.1) is 0 Å². The third kappa shape index (κ3) is 3.08. The van der Waals surface area contributed by atoms with E-state index in [9.17, 15) is 4.39 Å². The Morgan fingerprint density at radius 2 is 1.80 bits per heavy atom. The molecule has 0 atom stereocenters. The van der Waals surface area contributed by atoms with Gasteiger partial charge in [-0.15, -0.1) is 0 Å². The number of anilines is 1. The Bertz CT molecular complexity index is 322. The van der Waals surface area contributed by atoms with E-state index in [1.54, 1.807) is 0 Å². The molecule has 1 aromatic rings. The van der Waals surface area contributed by atoms with E-state index in [0.29, 0.717) is 12.8 Å². The molecule has 0 amide bonds. The number of alkyl halides is 1. The normalized spacial score (nSPS) is 21.1. The Labute approximate surface area is 90.0 Å². The first-order valence-corrected chi connectivity index (χ1v) is 5.48. The van der Waals surface area contributed by atoms with Crippen LogP contribution in [0.15, 0.2) is 42.1 Å². The molecule has 0 unspecified atom stereocenters. The minimum Gasteiger partial charge on any atom is -0.362 e.